The van der Waals surface area contributed by atoms with Crippen LogP contribution in [0, 0.1) is 0 Å². The molecule has 0 saturated heterocycles. The predicted octanol–water partition coefficient (Wildman–Crippen LogP) is 5.30. The van der Waals surface area contributed by atoms with Crippen LogP contribution in [-0.2, 0) is 12.0 Å². The van der Waals surface area contributed by atoms with Crippen molar-refractivity contribution in [3.63, 3.8) is 0 Å². The molecule has 0 saturated carbocycles. The van der Waals surface area contributed by atoms with E-state index >= 15 is 0 Å². The van der Waals surface area contributed by atoms with Crippen molar-refractivity contribution in [3.05, 3.63) is 90.0 Å². The zero-order chi connectivity index (χ0) is 23.4. The van der Waals surface area contributed by atoms with Gasteiger partial charge in [0.15, 0.2) is 0 Å². The van der Waals surface area contributed by atoms with Gasteiger partial charge in [-0.25, -0.2) is 4.98 Å². The van der Waals surface area contributed by atoms with Crippen LogP contribution in [0.15, 0.2) is 73.1 Å². The summed E-state index contributed by atoms with van der Waals surface area (Å²) in [5.41, 5.74) is 3.82. The third-order valence-electron chi connectivity index (χ3n) is 5.65. The third-order valence-corrected chi connectivity index (χ3v) is 5.65. The van der Waals surface area contributed by atoms with Crippen LogP contribution in [0.3, 0.4) is 0 Å². The van der Waals surface area contributed by atoms with Crippen LogP contribution in [0.4, 0.5) is 0 Å². The quantitative estimate of drug-likeness (QED) is 0.422. The van der Waals surface area contributed by atoms with Crippen molar-refractivity contribution < 1.29 is 9.53 Å². The topological polar surface area (TPSA) is 69.0 Å². The van der Waals surface area contributed by atoms with Gasteiger partial charge in [-0.1, -0.05) is 45.0 Å². The molecule has 1 atom stereocenters. The Morgan fingerprint density at radius 1 is 1.06 bits per heavy atom. The molecule has 33 heavy (non-hydrogen) atoms. The molecule has 6 nitrogen and oxygen atoms in total. The Kier molecular flexibility index (Phi) is 6.45. The molecule has 0 aliphatic heterocycles. The number of benzene rings is 2. The Balaban J connectivity index is 1.50. The standard InChI is InChI=1S/C27H30N4O2/c1-19(29-26(32)20-8-7-15-28-18-20)25-30-23-9-5-6-10-24(23)31(25)16-17-33-22-13-11-21(12-14-22)27(2,3)4/h5-15,18-19H,16-17H2,1-4H3,(H,29,32). The summed E-state index contributed by atoms with van der Waals surface area (Å²) in [4.78, 5) is 21.5. The SMILES string of the molecule is CC(NC(=O)c1cccnc1)c1nc2ccccc2n1CCOc1ccc(C(C)(C)C)cc1. The highest BCUT2D eigenvalue weighted by Gasteiger charge is 2.19. The van der Waals surface area contributed by atoms with Crippen LogP contribution < -0.4 is 10.1 Å². The van der Waals surface area contributed by atoms with Gasteiger partial charge in [-0.05, 0) is 54.3 Å². The third kappa shape index (κ3) is 5.22. The number of ether oxygens (including phenoxy) is 1. The van der Waals surface area contributed by atoms with E-state index in [0.29, 0.717) is 18.7 Å². The van der Waals surface area contributed by atoms with Gasteiger partial charge in [0.05, 0.1) is 29.2 Å². The fourth-order valence-corrected chi connectivity index (χ4v) is 3.81. The zero-order valence-corrected chi connectivity index (χ0v) is 19.6. The number of carbonyl (C=O) groups excluding carboxylic acids is 1. The lowest BCUT2D eigenvalue weighted by molar-refractivity contribution is 0.0937. The second-order valence-electron chi connectivity index (χ2n) is 9.17. The van der Waals surface area contributed by atoms with Crippen molar-refractivity contribution in [3.8, 4) is 5.75 Å². The van der Waals surface area contributed by atoms with Crippen LogP contribution >= 0.6 is 0 Å². The van der Waals surface area contributed by atoms with E-state index in [-0.39, 0.29) is 17.4 Å². The van der Waals surface area contributed by atoms with Crippen LogP contribution in [0.25, 0.3) is 11.0 Å². The van der Waals surface area contributed by atoms with Gasteiger partial charge >= 0.3 is 0 Å². The molecule has 0 aliphatic rings. The number of amides is 1. The van der Waals surface area contributed by atoms with E-state index in [4.69, 9.17) is 9.72 Å². The minimum atomic E-state index is -0.281. The number of hydrogen-bond acceptors (Lipinski definition) is 4. The Morgan fingerprint density at radius 3 is 2.52 bits per heavy atom. The monoisotopic (exact) mass is 442 g/mol. The molecule has 0 spiro atoms. The van der Waals surface area contributed by atoms with Crippen LogP contribution in [0.2, 0.25) is 0 Å². The second-order valence-corrected chi connectivity index (χ2v) is 9.17. The first kappa shape index (κ1) is 22.5. The molecule has 0 fully saturated rings. The molecule has 0 radical (unpaired) electrons. The highest BCUT2D eigenvalue weighted by Crippen LogP contribution is 2.25. The summed E-state index contributed by atoms with van der Waals surface area (Å²) in [5.74, 6) is 1.46. The molecular formula is C27H30N4O2. The molecule has 4 aromatic rings. The molecule has 0 bridgehead atoms. The van der Waals surface area contributed by atoms with Gasteiger partial charge in [0, 0.05) is 12.4 Å². The largest absolute Gasteiger partial charge is 0.492 e. The number of pyridine rings is 1. The molecule has 6 heteroatoms. The maximum Gasteiger partial charge on any atom is 0.253 e. The minimum Gasteiger partial charge on any atom is -0.492 e. The summed E-state index contributed by atoms with van der Waals surface area (Å²) < 4.78 is 8.15. The van der Waals surface area contributed by atoms with Crippen LogP contribution in [-0.4, -0.2) is 27.0 Å². The van der Waals surface area contributed by atoms with E-state index in [9.17, 15) is 4.79 Å². The molecule has 1 amide bonds. The van der Waals surface area contributed by atoms with Crippen molar-refractivity contribution in [1.82, 2.24) is 19.9 Å². The van der Waals surface area contributed by atoms with Gasteiger partial charge in [0.1, 0.15) is 18.2 Å². The lowest BCUT2D eigenvalue weighted by atomic mass is 9.87. The van der Waals surface area contributed by atoms with Crippen molar-refractivity contribution in [1.29, 1.82) is 0 Å². The lowest BCUT2D eigenvalue weighted by Gasteiger charge is -2.19. The van der Waals surface area contributed by atoms with E-state index < -0.39 is 0 Å². The van der Waals surface area contributed by atoms with Crippen molar-refractivity contribution >= 4 is 16.9 Å². The maximum absolute atomic E-state index is 12.6. The number of nitrogens with one attached hydrogen (secondary N) is 1. The van der Waals surface area contributed by atoms with Gasteiger partial charge in [-0.2, -0.15) is 0 Å². The summed E-state index contributed by atoms with van der Waals surface area (Å²) in [6.07, 6.45) is 3.21. The molecule has 2 heterocycles. The first-order valence-corrected chi connectivity index (χ1v) is 11.2. The Hall–Kier alpha value is -3.67. The molecular weight excluding hydrogens is 412 g/mol. The molecule has 1 N–H and O–H groups in total. The number of rotatable bonds is 7. The Labute approximate surface area is 194 Å². The van der Waals surface area contributed by atoms with Crippen molar-refractivity contribution in [2.24, 2.45) is 0 Å². The number of nitrogens with zero attached hydrogens (tertiary/aromatic N) is 3. The van der Waals surface area contributed by atoms with Gasteiger partial charge < -0.3 is 14.6 Å². The second kappa shape index (κ2) is 9.45. The van der Waals surface area contributed by atoms with Gasteiger partial charge in [-0.3, -0.25) is 9.78 Å². The summed E-state index contributed by atoms with van der Waals surface area (Å²) >= 11 is 0. The van der Waals surface area contributed by atoms with Crippen LogP contribution in [0.5, 0.6) is 5.75 Å². The number of aromatic nitrogens is 3. The van der Waals surface area contributed by atoms with Crippen molar-refractivity contribution in [2.45, 2.75) is 45.7 Å². The fraction of sp³-hybridized carbons (Fsp3) is 0.296. The predicted molar refractivity (Wildman–Crippen MR) is 130 cm³/mol. The number of hydrogen-bond donors (Lipinski definition) is 1. The first-order chi connectivity index (χ1) is 15.8. The Bertz CT molecular complexity index is 1220. The van der Waals surface area contributed by atoms with E-state index in [1.54, 1.807) is 24.5 Å². The molecule has 170 valence electrons. The maximum atomic E-state index is 12.6. The number of para-hydroxylation sites is 2. The van der Waals surface area contributed by atoms with Crippen LogP contribution in [0.1, 0.15) is 55.5 Å². The average Bonchev–Trinajstić information content (AvgIpc) is 3.18. The van der Waals surface area contributed by atoms with Crippen molar-refractivity contribution in [2.75, 3.05) is 6.61 Å². The smallest absolute Gasteiger partial charge is 0.253 e. The number of fused-ring (bicyclic) bond motifs is 1. The minimum absolute atomic E-state index is 0.111. The van der Waals surface area contributed by atoms with E-state index in [1.807, 2.05) is 43.3 Å². The molecule has 2 aromatic heterocycles. The summed E-state index contributed by atoms with van der Waals surface area (Å²) in [7, 11) is 0. The fourth-order valence-electron chi connectivity index (χ4n) is 3.81. The van der Waals surface area contributed by atoms with Gasteiger partial charge in [-0.15, -0.1) is 0 Å². The van der Waals surface area contributed by atoms with Gasteiger partial charge in [0.25, 0.3) is 5.91 Å². The van der Waals surface area contributed by atoms with E-state index in [0.717, 1.165) is 22.6 Å². The van der Waals surface area contributed by atoms with Gasteiger partial charge in [0.2, 0.25) is 0 Å². The summed E-state index contributed by atoms with van der Waals surface area (Å²) in [6, 6.07) is 19.5. The number of imidazole rings is 1. The Morgan fingerprint density at radius 2 is 1.82 bits per heavy atom. The summed E-state index contributed by atoms with van der Waals surface area (Å²) in [5, 5.41) is 3.04. The molecule has 1 unspecified atom stereocenters. The average molecular weight is 443 g/mol. The molecule has 4 rings (SSSR count). The highest BCUT2D eigenvalue weighted by molar-refractivity contribution is 5.94. The molecule has 0 aliphatic carbocycles. The summed E-state index contributed by atoms with van der Waals surface area (Å²) in [6.45, 7) is 9.64. The number of carbonyl (C=O) groups is 1. The highest BCUT2D eigenvalue weighted by atomic mass is 16.5. The lowest BCUT2D eigenvalue weighted by Crippen LogP contribution is -2.29. The normalized spacial score (nSPS) is 12.5. The molecule has 2 aromatic carbocycles. The van der Waals surface area contributed by atoms with E-state index in [2.05, 4.69) is 47.8 Å². The van der Waals surface area contributed by atoms with E-state index in [1.165, 1.54) is 5.56 Å². The first-order valence-electron chi connectivity index (χ1n) is 11.2. The zero-order valence-electron chi connectivity index (χ0n) is 19.6.